The number of rotatable bonds is 7. The van der Waals surface area contributed by atoms with Crippen LogP contribution in [0.5, 0.6) is 0 Å². The molecule has 0 saturated carbocycles. The van der Waals surface area contributed by atoms with E-state index in [4.69, 9.17) is 10.2 Å². The Hall–Kier alpha value is -2.99. The summed E-state index contributed by atoms with van der Waals surface area (Å²) in [7, 11) is 0. The van der Waals surface area contributed by atoms with Crippen molar-refractivity contribution in [3.05, 3.63) is 70.8 Å². The lowest BCUT2D eigenvalue weighted by molar-refractivity contribution is -0.137. The van der Waals surface area contributed by atoms with E-state index in [0.717, 1.165) is 0 Å². The maximum atomic E-state index is 12.3. The maximum Gasteiger partial charge on any atom is 0.307 e. The molecule has 0 saturated heterocycles. The van der Waals surface area contributed by atoms with Gasteiger partial charge in [0.05, 0.1) is 12.8 Å². The van der Waals surface area contributed by atoms with Crippen LogP contribution in [-0.4, -0.2) is 33.0 Å². The Morgan fingerprint density at radius 1 is 0.750 bits per heavy atom. The smallest absolute Gasteiger partial charge is 0.307 e. The van der Waals surface area contributed by atoms with E-state index < -0.39 is 23.8 Å². The summed E-state index contributed by atoms with van der Waals surface area (Å²) in [6.07, 6.45) is -1.63. The van der Waals surface area contributed by atoms with Gasteiger partial charge in [-0.1, -0.05) is 48.5 Å². The van der Waals surface area contributed by atoms with Gasteiger partial charge in [-0.15, -0.1) is 0 Å². The number of carboxylic acids is 2. The van der Waals surface area contributed by atoms with Gasteiger partial charge in [-0.05, 0) is 16.7 Å². The van der Waals surface area contributed by atoms with E-state index in [1.165, 1.54) is 36.4 Å². The molecular formula is C18H16O6. The molecule has 0 aromatic heterocycles. The van der Waals surface area contributed by atoms with Crippen LogP contribution in [0.3, 0.4) is 0 Å². The van der Waals surface area contributed by atoms with Gasteiger partial charge in [0.25, 0.3) is 0 Å². The van der Waals surface area contributed by atoms with E-state index in [0.29, 0.717) is 16.7 Å². The largest absolute Gasteiger partial charge is 0.481 e. The fraction of sp³-hybridized carbons (Fsp3) is 0.167. The zero-order chi connectivity index (χ0) is 17.7. The highest BCUT2D eigenvalue weighted by Gasteiger charge is 2.19. The highest BCUT2D eigenvalue weighted by molar-refractivity contribution is 5.99. The van der Waals surface area contributed by atoms with Crippen molar-refractivity contribution in [1.29, 1.82) is 0 Å². The summed E-state index contributed by atoms with van der Waals surface area (Å²) in [6.45, 7) is 0. The van der Waals surface area contributed by atoms with Gasteiger partial charge in [0.15, 0.2) is 5.78 Å². The molecule has 0 aliphatic heterocycles. The molecular weight excluding hydrogens is 312 g/mol. The molecule has 0 aliphatic rings. The minimum absolute atomic E-state index is 0.130. The first-order valence-corrected chi connectivity index (χ1v) is 7.20. The fourth-order valence-corrected chi connectivity index (χ4v) is 2.26. The highest BCUT2D eigenvalue weighted by Crippen LogP contribution is 2.20. The SMILES string of the molecule is O=C(O)Cc1ccc(C(=O)C(O)c2ccc(CC(=O)O)cc2)cc1. The van der Waals surface area contributed by atoms with Crippen molar-refractivity contribution in [3.8, 4) is 0 Å². The van der Waals surface area contributed by atoms with E-state index in [1.54, 1.807) is 12.1 Å². The van der Waals surface area contributed by atoms with E-state index in [-0.39, 0.29) is 18.4 Å². The molecule has 124 valence electrons. The predicted molar refractivity (Wildman–Crippen MR) is 84.9 cm³/mol. The maximum absolute atomic E-state index is 12.3. The quantitative estimate of drug-likeness (QED) is 0.669. The Bertz CT molecular complexity index is 746. The molecule has 0 bridgehead atoms. The lowest BCUT2D eigenvalue weighted by Gasteiger charge is -2.11. The van der Waals surface area contributed by atoms with Gasteiger partial charge in [0.2, 0.25) is 0 Å². The molecule has 0 heterocycles. The number of carbonyl (C=O) groups is 3. The van der Waals surface area contributed by atoms with Crippen molar-refractivity contribution in [3.63, 3.8) is 0 Å². The second-order valence-corrected chi connectivity index (χ2v) is 5.35. The molecule has 1 unspecified atom stereocenters. The van der Waals surface area contributed by atoms with Crippen LogP contribution in [0.25, 0.3) is 0 Å². The minimum Gasteiger partial charge on any atom is -0.481 e. The molecule has 0 amide bonds. The molecule has 0 fully saturated rings. The standard InChI is InChI=1S/C18H16O6/c19-15(20)9-11-1-5-13(6-2-11)17(23)18(24)14-7-3-12(4-8-14)10-16(21)22/h1-8,17,23H,9-10H2,(H,19,20)(H,21,22). The van der Waals surface area contributed by atoms with Crippen LogP contribution in [0.1, 0.15) is 33.2 Å². The number of hydrogen-bond acceptors (Lipinski definition) is 4. The van der Waals surface area contributed by atoms with Crippen molar-refractivity contribution in [2.24, 2.45) is 0 Å². The van der Waals surface area contributed by atoms with Crippen LogP contribution < -0.4 is 0 Å². The van der Waals surface area contributed by atoms with Crippen LogP contribution in [0.4, 0.5) is 0 Å². The summed E-state index contributed by atoms with van der Waals surface area (Å²) in [5.74, 6) is -2.43. The summed E-state index contributed by atoms with van der Waals surface area (Å²) in [5, 5.41) is 27.6. The highest BCUT2D eigenvalue weighted by atomic mass is 16.4. The van der Waals surface area contributed by atoms with E-state index in [2.05, 4.69) is 0 Å². The Morgan fingerprint density at radius 2 is 1.17 bits per heavy atom. The molecule has 6 heteroatoms. The molecule has 1 atom stereocenters. The molecule has 2 aromatic rings. The summed E-state index contributed by atoms with van der Waals surface area (Å²) < 4.78 is 0. The Labute approximate surface area is 138 Å². The minimum atomic E-state index is -1.37. The molecule has 3 N–H and O–H groups in total. The molecule has 2 aromatic carbocycles. The number of aliphatic hydroxyl groups excluding tert-OH is 1. The molecule has 0 radical (unpaired) electrons. The second-order valence-electron chi connectivity index (χ2n) is 5.35. The van der Waals surface area contributed by atoms with E-state index >= 15 is 0 Å². The fourth-order valence-electron chi connectivity index (χ4n) is 2.26. The molecule has 24 heavy (non-hydrogen) atoms. The molecule has 2 rings (SSSR count). The first-order chi connectivity index (χ1) is 11.4. The summed E-state index contributed by atoms with van der Waals surface area (Å²) in [4.78, 5) is 33.5. The van der Waals surface area contributed by atoms with Gasteiger partial charge < -0.3 is 15.3 Å². The van der Waals surface area contributed by atoms with Gasteiger partial charge in [-0.2, -0.15) is 0 Å². The van der Waals surface area contributed by atoms with Crippen molar-refractivity contribution < 1.29 is 29.7 Å². The van der Waals surface area contributed by atoms with E-state index in [9.17, 15) is 19.5 Å². The first kappa shape index (κ1) is 17.4. The van der Waals surface area contributed by atoms with Crippen molar-refractivity contribution in [1.82, 2.24) is 0 Å². The lowest BCUT2D eigenvalue weighted by Crippen LogP contribution is -2.12. The third kappa shape index (κ3) is 4.50. The summed E-state index contributed by atoms with van der Waals surface area (Å²) in [6, 6.07) is 12.1. The Kier molecular flexibility index (Phi) is 5.44. The van der Waals surface area contributed by atoms with Gasteiger partial charge >= 0.3 is 11.9 Å². The number of Topliss-reactive ketones (excluding diaryl/α,β-unsaturated/α-hetero) is 1. The summed E-state index contributed by atoms with van der Waals surface area (Å²) >= 11 is 0. The van der Waals surface area contributed by atoms with Crippen LogP contribution >= 0.6 is 0 Å². The third-order valence-corrected chi connectivity index (χ3v) is 3.49. The number of aliphatic carboxylic acids is 2. The Balaban J connectivity index is 2.11. The number of ketones is 1. The number of benzene rings is 2. The summed E-state index contributed by atoms with van der Waals surface area (Å²) in [5.41, 5.74) is 1.77. The average Bonchev–Trinajstić information content (AvgIpc) is 2.54. The molecule has 0 aliphatic carbocycles. The third-order valence-electron chi connectivity index (χ3n) is 3.49. The lowest BCUT2D eigenvalue weighted by atomic mass is 9.97. The normalized spacial score (nSPS) is 11.7. The van der Waals surface area contributed by atoms with Crippen LogP contribution in [0.15, 0.2) is 48.5 Å². The molecule has 6 nitrogen and oxygen atoms in total. The first-order valence-electron chi connectivity index (χ1n) is 7.20. The second kappa shape index (κ2) is 7.52. The zero-order valence-corrected chi connectivity index (χ0v) is 12.7. The van der Waals surface area contributed by atoms with E-state index in [1.807, 2.05) is 0 Å². The van der Waals surface area contributed by atoms with Crippen molar-refractivity contribution in [2.75, 3.05) is 0 Å². The Morgan fingerprint density at radius 3 is 1.58 bits per heavy atom. The van der Waals surface area contributed by atoms with Crippen LogP contribution in [-0.2, 0) is 22.4 Å². The van der Waals surface area contributed by atoms with Gasteiger partial charge in [0, 0.05) is 5.56 Å². The number of carboxylic acid groups (broad SMARTS) is 2. The topological polar surface area (TPSA) is 112 Å². The van der Waals surface area contributed by atoms with Gasteiger partial charge in [-0.25, -0.2) is 0 Å². The van der Waals surface area contributed by atoms with Crippen LogP contribution in [0.2, 0.25) is 0 Å². The molecule has 0 spiro atoms. The van der Waals surface area contributed by atoms with Crippen molar-refractivity contribution >= 4 is 17.7 Å². The zero-order valence-electron chi connectivity index (χ0n) is 12.7. The average molecular weight is 328 g/mol. The number of hydrogen-bond donors (Lipinski definition) is 3. The number of carbonyl (C=O) groups excluding carboxylic acids is 1. The van der Waals surface area contributed by atoms with Crippen LogP contribution in [0, 0.1) is 0 Å². The predicted octanol–water partition coefficient (Wildman–Crippen LogP) is 1.86. The number of aliphatic hydroxyl groups is 1. The monoisotopic (exact) mass is 328 g/mol. The van der Waals surface area contributed by atoms with Gasteiger partial charge in [0.1, 0.15) is 6.10 Å². The van der Waals surface area contributed by atoms with Gasteiger partial charge in [-0.3, -0.25) is 14.4 Å². The van der Waals surface area contributed by atoms with Crippen molar-refractivity contribution in [2.45, 2.75) is 18.9 Å².